The third kappa shape index (κ3) is 2.98. The van der Waals surface area contributed by atoms with Gasteiger partial charge in [-0.1, -0.05) is 34.8 Å². The fourth-order valence-corrected chi connectivity index (χ4v) is 3.61. The van der Waals surface area contributed by atoms with Gasteiger partial charge in [0.05, 0.1) is 14.9 Å². The fourth-order valence-electron chi connectivity index (χ4n) is 1.42. The van der Waals surface area contributed by atoms with Crippen LogP contribution in [0.15, 0.2) is 28.1 Å². The first-order chi connectivity index (χ1) is 7.99. The summed E-state index contributed by atoms with van der Waals surface area (Å²) in [5, 5.41) is 1.86. The Morgan fingerprint density at radius 2 is 1.82 bits per heavy atom. The molecule has 2 N–H and O–H groups in total. The minimum atomic E-state index is -0.324. The van der Waals surface area contributed by atoms with Crippen molar-refractivity contribution in [3.05, 3.63) is 53.6 Å². The molecule has 0 spiro atoms. The molecule has 0 aliphatic rings. The van der Waals surface area contributed by atoms with E-state index in [1.807, 2.05) is 6.07 Å². The molecule has 0 bridgehead atoms. The molecule has 1 aromatic heterocycles. The summed E-state index contributed by atoms with van der Waals surface area (Å²) in [6.45, 7) is 0. The summed E-state index contributed by atoms with van der Waals surface area (Å²) in [5.74, 6) is 0. The Balaban J connectivity index is 2.42. The second-order valence-electron chi connectivity index (χ2n) is 3.41. The van der Waals surface area contributed by atoms with Gasteiger partial charge in [0.2, 0.25) is 0 Å². The highest BCUT2D eigenvalue weighted by Crippen LogP contribution is 2.38. The van der Waals surface area contributed by atoms with Crippen molar-refractivity contribution in [1.29, 1.82) is 0 Å². The van der Waals surface area contributed by atoms with Crippen molar-refractivity contribution in [2.45, 2.75) is 6.04 Å². The molecule has 90 valence electrons. The maximum Gasteiger partial charge on any atom is 0.0888 e. The lowest BCUT2D eigenvalue weighted by molar-refractivity contribution is 0.894. The lowest BCUT2D eigenvalue weighted by Gasteiger charge is -2.12. The van der Waals surface area contributed by atoms with Gasteiger partial charge >= 0.3 is 0 Å². The number of thiophene rings is 1. The normalized spacial score (nSPS) is 12.8. The molecule has 0 saturated carbocycles. The molecule has 0 fully saturated rings. The molecule has 6 heteroatoms. The lowest BCUT2D eigenvalue weighted by Crippen LogP contribution is -2.10. The van der Waals surface area contributed by atoms with Gasteiger partial charge < -0.3 is 5.73 Å². The van der Waals surface area contributed by atoms with Crippen molar-refractivity contribution < 1.29 is 0 Å². The van der Waals surface area contributed by atoms with Crippen LogP contribution in [0, 0.1) is 0 Å². The SMILES string of the molecule is NC(c1cc(Cl)c(Br)s1)c1cc(Cl)ccc1Cl. The largest absolute Gasteiger partial charge is 0.320 e. The molecule has 0 aliphatic carbocycles. The van der Waals surface area contributed by atoms with E-state index >= 15 is 0 Å². The summed E-state index contributed by atoms with van der Waals surface area (Å²) in [4.78, 5) is 0.936. The first-order valence-electron chi connectivity index (χ1n) is 4.64. The number of nitrogens with two attached hydrogens (primary N) is 1. The van der Waals surface area contributed by atoms with Crippen molar-refractivity contribution >= 4 is 62.1 Å². The molecule has 1 nitrogen and oxygen atoms in total. The number of benzene rings is 1. The highest BCUT2D eigenvalue weighted by molar-refractivity contribution is 9.11. The van der Waals surface area contributed by atoms with Crippen LogP contribution >= 0.6 is 62.1 Å². The molecule has 1 atom stereocenters. The smallest absolute Gasteiger partial charge is 0.0888 e. The highest BCUT2D eigenvalue weighted by Gasteiger charge is 2.16. The van der Waals surface area contributed by atoms with Crippen LogP contribution in [0.25, 0.3) is 0 Å². The van der Waals surface area contributed by atoms with Crippen LogP contribution in [0.5, 0.6) is 0 Å². The van der Waals surface area contributed by atoms with Crippen LogP contribution in [-0.4, -0.2) is 0 Å². The van der Waals surface area contributed by atoms with Crippen molar-refractivity contribution in [2.75, 3.05) is 0 Å². The highest BCUT2D eigenvalue weighted by atomic mass is 79.9. The van der Waals surface area contributed by atoms with Gasteiger partial charge in [-0.3, -0.25) is 0 Å². The van der Waals surface area contributed by atoms with E-state index in [2.05, 4.69) is 15.9 Å². The third-order valence-electron chi connectivity index (χ3n) is 2.26. The van der Waals surface area contributed by atoms with E-state index in [-0.39, 0.29) is 6.04 Å². The molecule has 1 unspecified atom stereocenters. The molecular formula is C11H7BrCl3NS. The van der Waals surface area contributed by atoms with Gasteiger partial charge in [0.1, 0.15) is 0 Å². The average Bonchev–Trinajstić information content (AvgIpc) is 2.62. The van der Waals surface area contributed by atoms with E-state index in [0.29, 0.717) is 15.1 Å². The minimum absolute atomic E-state index is 0.324. The predicted molar refractivity (Wildman–Crippen MR) is 79.5 cm³/mol. The van der Waals surface area contributed by atoms with Crippen LogP contribution in [-0.2, 0) is 0 Å². The maximum absolute atomic E-state index is 6.16. The van der Waals surface area contributed by atoms with Gasteiger partial charge in [-0.2, -0.15) is 0 Å². The summed E-state index contributed by atoms with van der Waals surface area (Å²) in [7, 11) is 0. The van der Waals surface area contributed by atoms with Crippen LogP contribution < -0.4 is 5.73 Å². The fraction of sp³-hybridized carbons (Fsp3) is 0.0909. The van der Waals surface area contributed by atoms with E-state index in [4.69, 9.17) is 40.5 Å². The Bertz CT molecular complexity index is 536. The zero-order valence-electron chi connectivity index (χ0n) is 8.38. The summed E-state index contributed by atoms with van der Waals surface area (Å²) >= 11 is 22.9. The summed E-state index contributed by atoms with van der Waals surface area (Å²) in [6.07, 6.45) is 0. The molecule has 0 saturated heterocycles. The van der Waals surface area contributed by atoms with Gasteiger partial charge in [0, 0.05) is 14.9 Å². The standard InChI is InChI=1S/C11H7BrCl3NS/c12-11-8(15)4-9(17-11)10(16)6-3-5(13)1-2-7(6)14/h1-4,10H,16H2. The molecular weight excluding hydrogens is 364 g/mol. The maximum atomic E-state index is 6.16. The van der Waals surface area contributed by atoms with Crippen LogP contribution in [0.4, 0.5) is 0 Å². The first kappa shape index (κ1) is 13.7. The Hall–Kier alpha value is 0.230. The number of hydrogen-bond donors (Lipinski definition) is 1. The molecule has 0 radical (unpaired) electrons. The number of halogens is 4. The van der Waals surface area contributed by atoms with Crippen LogP contribution in [0.2, 0.25) is 15.1 Å². The second-order valence-corrected chi connectivity index (χ2v) is 7.07. The monoisotopic (exact) mass is 369 g/mol. The molecule has 1 aromatic carbocycles. The molecule has 17 heavy (non-hydrogen) atoms. The van der Waals surface area contributed by atoms with Crippen molar-refractivity contribution in [1.82, 2.24) is 0 Å². The Morgan fingerprint density at radius 1 is 1.12 bits per heavy atom. The average molecular weight is 372 g/mol. The van der Waals surface area contributed by atoms with E-state index in [9.17, 15) is 0 Å². The summed E-state index contributed by atoms with van der Waals surface area (Å²) in [6, 6.07) is 6.75. The Morgan fingerprint density at radius 3 is 2.41 bits per heavy atom. The summed E-state index contributed by atoms with van der Waals surface area (Å²) in [5.41, 5.74) is 6.95. The molecule has 1 heterocycles. The lowest BCUT2D eigenvalue weighted by atomic mass is 10.1. The van der Waals surface area contributed by atoms with E-state index in [1.165, 1.54) is 11.3 Å². The van der Waals surface area contributed by atoms with Gasteiger partial charge in [-0.05, 0) is 45.8 Å². The zero-order valence-corrected chi connectivity index (χ0v) is 13.1. The van der Waals surface area contributed by atoms with Gasteiger partial charge in [-0.25, -0.2) is 0 Å². The quantitative estimate of drug-likeness (QED) is 0.739. The van der Waals surface area contributed by atoms with E-state index in [1.54, 1.807) is 18.2 Å². The first-order valence-corrected chi connectivity index (χ1v) is 7.38. The minimum Gasteiger partial charge on any atom is -0.320 e. The number of rotatable bonds is 2. The van der Waals surface area contributed by atoms with E-state index < -0.39 is 0 Å². The molecule has 2 rings (SSSR count). The molecule has 2 aromatic rings. The molecule has 0 amide bonds. The number of hydrogen-bond acceptors (Lipinski definition) is 2. The van der Waals surface area contributed by atoms with Crippen molar-refractivity contribution in [3.8, 4) is 0 Å². The summed E-state index contributed by atoms with van der Waals surface area (Å²) < 4.78 is 0.864. The third-order valence-corrected chi connectivity index (χ3v) is 5.40. The van der Waals surface area contributed by atoms with Crippen molar-refractivity contribution in [3.63, 3.8) is 0 Å². The topological polar surface area (TPSA) is 26.0 Å². The Kier molecular flexibility index (Phi) is 4.40. The van der Waals surface area contributed by atoms with E-state index in [0.717, 1.165) is 14.2 Å². The Labute approximate surface area is 127 Å². The molecule has 0 aliphatic heterocycles. The predicted octanol–water partition coefficient (Wildman–Crippen LogP) is 5.52. The van der Waals surface area contributed by atoms with Crippen LogP contribution in [0.1, 0.15) is 16.5 Å². The van der Waals surface area contributed by atoms with Gasteiger partial charge in [-0.15, -0.1) is 11.3 Å². The van der Waals surface area contributed by atoms with Crippen molar-refractivity contribution in [2.24, 2.45) is 5.73 Å². The second kappa shape index (κ2) is 5.47. The zero-order chi connectivity index (χ0) is 12.6. The van der Waals surface area contributed by atoms with Crippen LogP contribution in [0.3, 0.4) is 0 Å². The van der Waals surface area contributed by atoms with Gasteiger partial charge in [0.25, 0.3) is 0 Å². The van der Waals surface area contributed by atoms with Gasteiger partial charge in [0.15, 0.2) is 0 Å².